The molecule has 1 saturated heterocycles. The molecule has 0 spiro atoms. The molecular formula is C18H18ClFN2O3. The normalized spacial score (nSPS) is 18.0. The quantitative estimate of drug-likeness (QED) is 0.805. The molecule has 2 heterocycles. The third-order valence-corrected chi connectivity index (χ3v) is 4.35. The van der Waals surface area contributed by atoms with Crippen LogP contribution in [-0.4, -0.2) is 48.5 Å². The summed E-state index contributed by atoms with van der Waals surface area (Å²) in [6.45, 7) is 2.55. The van der Waals surface area contributed by atoms with E-state index in [0.29, 0.717) is 43.4 Å². The van der Waals surface area contributed by atoms with E-state index in [1.165, 1.54) is 24.3 Å². The molecule has 1 aromatic rings. The second-order valence-corrected chi connectivity index (χ2v) is 6.47. The van der Waals surface area contributed by atoms with Gasteiger partial charge in [-0.15, -0.1) is 0 Å². The number of rotatable bonds is 5. The van der Waals surface area contributed by atoms with Crippen LogP contribution in [0.3, 0.4) is 0 Å². The number of carbonyl (C=O) groups excluding carboxylic acids is 2. The number of nitrogens with zero attached hydrogens (tertiary/aromatic N) is 2. The van der Waals surface area contributed by atoms with Crippen LogP contribution in [0.5, 0.6) is 0 Å². The Kier molecular flexibility index (Phi) is 5.60. The summed E-state index contributed by atoms with van der Waals surface area (Å²) >= 11 is 5.74. The molecule has 3 rings (SSSR count). The predicted octanol–water partition coefficient (Wildman–Crippen LogP) is 2.57. The summed E-state index contributed by atoms with van der Waals surface area (Å²) in [5.41, 5.74) is 1.20. The first-order valence-corrected chi connectivity index (χ1v) is 8.48. The Morgan fingerprint density at radius 2 is 2.04 bits per heavy atom. The van der Waals surface area contributed by atoms with E-state index in [0.717, 1.165) is 0 Å². The van der Waals surface area contributed by atoms with E-state index in [4.69, 9.17) is 16.3 Å². The van der Waals surface area contributed by atoms with Crippen molar-refractivity contribution in [2.24, 2.45) is 4.99 Å². The molecule has 7 heteroatoms. The zero-order valence-corrected chi connectivity index (χ0v) is 14.4. The number of Topliss-reactive ketones (excluding diaryl/α,β-unsaturated/α-hetero) is 1. The number of benzene rings is 1. The summed E-state index contributed by atoms with van der Waals surface area (Å²) < 4.78 is 18.5. The van der Waals surface area contributed by atoms with Gasteiger partial charge in [0.15, 0.2) is 5.78 Å². The van der Waals surface area contributed by atoms with Gasteiger partial charge in [-0.2, -0.15) is 0 Å². The lowest BCUT2D eigenvalue weighted by atomic mass is 10.0. The lowest BCUT2D eigenvalue weighted by molar-refractivity contribution is -0.117. The maximum absolute atomic E-state index is 13.2. The standard InChI is InChI=1S/C18H18ClFN2O3/c19-16-8-12(1-2-17(16)20)7-14(23)9-13-10-15(24)11-18(21-13)22-3-5-25-6-4-22/h1-2,8,11H,3-7,9-10H2. The monoisotopic (exact) mass is 364 g/mol. The average molecular weight is 365 g/mol. The maximum Gasteiger partial charge on any atom is 0.164 e. The fourth-order valence-corrected chi connectivity index (χ4v) is 3.06. The molecule has 0 N–H and O–H groups in total. The van der Waals surface area contributed by atoms with Crippen LogP contribution in [0.25, 0.3) is 0 Å². The summed E-state index contributed by atoms with van der Waals surface area (Å²) in [5, 5.41) is -0.00646. The third-order valence-electron chi connectivity index (χ3n) is 4.06. The van der Waals surface area contributed by atoms with Gasteiger partial charge in [0.1, 0.15) is 17.4 Å². The van der Waals surface area contributed by atoms with Crippen molar-refractivity contribution in [2.75, 3.05) is 26.3 Å². The third kappa shape index (κ3) is 4.74. The van der Waals surface area contributed by atoms with Crippen molar-refractivity contribution >= 4 is 28.9 Å². The topological polar surface area (TPSA) is 59.0 Å². The number of halogens is 2. The molecule has 0 atom stereocenters. The smallest absolute Gasteiger partial charge is 0.164 e. The number of ketones is 2. The van der Waals surface area contributed by atoms with Gasteiger partial charge in [0.05, 0.1) is 18.2 Å². The van der Waals surface area contributed by atoms with Crippen molar-refractivity contribution in [2.45, 2.75) is 19.3 Å². The first-order valence-electron chi connectivity index (χ1n) is 8.10. The van der Waals surface area contributed by atoms with E-state index >= 15 is 0 Å². The highest BCUT2D eigenvalue weighted by atomic mass is 35.5. The van der Waals surface area contributed by atoms with Crippen molar-refractivity contribution in [3.05, 3.63) is 46.5 Å². The van der Waals surface area contributed by atoms with Crippen molar-refractivity contribution in [1.29, 1.82) is 0 Å². The second kappa shape index (κ2) is 7.89. The molecular weight excluding hydrogens is 347 g/mol. The predicted molar refractivity (Wildman–Crippen MR) is 92.3 cm³/mol. The van der Waals surface area contributed by atoms with Crippen LogP contribution in [0.1, 0.15) is 18.4 Å². The van der Waals surface area contributed by atoms with Gasteiger partial charge in [-0.05, 0) is 17.7 Å². The van der Waals surface area contributed by atoms with Gasteiger partial charge >= 0.3 is 0 Å². The van der Waals surface area contributed by atoms with Gasteiger partial charge in [-0.25, -0.2) is 9.38 Å². The number of allylic oxidation sites excluding steroid dienone is 1. The molecule has 1 fully saturated rings. The first kappa shape index (κ1) is 17.8. The summed E-state index contributed by atoms with van der Waals surface area (Å²) in [4.78, 5) is 30.7. The van der Waals surface area contributed by atoms with Gasteiger partial charge < -0.3 is 9.64 Å². The Hall–Kier alpha value is -2.05. The molecule has 132 valence electrons. The number of ether oxygens (including phenoxy) is 1. The summed E-state index contributed by atoms with van der Waals surface area (Å²) in [6, 6.07) is 4.22. The zero-order valence-electron chi connectivity index (χ0n) is 13.6. The fourth-order valence-electron chi connectivity index (χ4n) is 2.85. The van der Waals surface area contributed by atoms with Crippen molar-refractivity contribution in [3.63, 3.8) is 0 Å². The van der Waals surface area contributed by atoms with Crippen molar-refractivity contribution in [3.8, 4) is 0 Å². The minimum atomic E-state index is -0.514. The molecule has 5 nitrogen and oxygen atoms in total. The zero-order chi connectivity index (χ0) is 17.8. The summed E-state index contributed by atoms with van der Waals surface area (Å²) in [7, 11) is 0. The Labute approximate surface area is 150 Å². The molecule has 0 amide bonds. The highest BCUT2D eigenvalue weighted by Crippen LogP contribution is 2.19. The van der Waals surface area contributed by atoms with Crippen LogP contribution in [0, 0.1) is 5.82 Å². The van der Waals surface area contributed by atoms with Crippen LogP contribution < -0.4 is 0 Å². The lowest BCUT2D eigenvalue weighted by Gasteiger charge is -2.30. The van der Waals surface area contributed by atoms with E-state index in [2.05, 4.69) is 4.99 Å². The number of morpholine rings is 1. The largest absolute Gasteiger partial charge is 0.378 e. The molecule has 0 saturated carbocycles. The lowest BCUT2D eigenvalue weighted by Crippen LogP contribution is -2.36. The van der Waals surface area contributed by atoms with Crippen LogP contribution in [0.4, 0.5) is 4.39 Å². The molecule has 0 radical (unpaired) electrons. The molecule has 0 unspecified atom stereocenters. The van der Waals surface area contributed by atoms with Crippen LogP contribution in [-0.2, 0) is 20.7 Å². The molecule has 1 aromatic carbocycles. The van der Waals surface area contributed by atoms with Crippen molar-refractivity contribution in [1.82, 2.24) is 4.90 Å². The maximum atomic E-state index is 13.2. The Balaban J connectivity index is 1.65. The van der Waals surface area contributed by atoms with Gasteiger partial charge in [0, 0.05) is 44.1 Å². The second-order valence-electron chi connectivity index (χ2n) is 6.06. The van der Waals surface area contributed by atoms with E-state index in [9.17, 15) is 14.0 Å². The first-order chi connectivity index (χ1) is 12.0. The number of hydrogen-bond acceptors (Lipinski definition) is 5. The van der Waals surface area contributed by atoms with Crippen molar-refractivity contribution < 1.29 is 18.7 Å². The van der Waals surface area contributed by atoms with Gasteiger partial charge in [-0.3, -0.25) is 9.59 Å². The molecule has 2 aliphatic heterocycles. The molecule has 0 aromatic heterocycles. The minimum absolute atomic E-state index is 0.00646. The van der Waals surface area contributed by atoms with E-state index in [1.54, 1.807) is 0 Å². The Morgan fingerprint density at radius 3 is 2.76 bits per heavy atom. The molecule has 0 bridgehead atoms. The number of aliphatic imine (C=N–C) groups is 1. The summed E-state index contributed by atoms with van der Waals surface area (Å²) in [6.07, 6.45) is 1.91. The highest BCUT2D eigenvalue weighted by molar-refractivity contribution is 6.30. The van der Waals surface area contributed by atoms with Crippen LogP contribution >= 0.6 is 11.6 Å². The van der Waals surface area contributed by atoms with E-state index in [-0.39, 0.29) is 35.9 Å². The fraction of sp³-hybridized carbons (Fsp3) is 0.389. The number of hydrogen-bond donors (Lipinski definition) is 0. The summed E-state index contributed by atoms with van der Waals surface area (Å²) in [5.74, 6) is -0.0471. The number of carbonyl (C=O) groups is 2. The Morgan fingerprint density at radius 1 is 1.28 bits per heavy atom. The van der Waals surface area contributed by atoms with E-state index in [1.807, 2.05) is 4.90 Å². The minimum Gasteiger partial charge on any atom is -0.378 e. The molecule has 2 aliphatic rings. The molecule has 0 aliphatic carbocycles. The van der Waals surface area contributed by atoms with Crippen LogP contribution in [0.2, 0.25) is 5.02 Å². The van der Waals surface area contributed by atoms with Gasteiger partial charge in [0.25, 0.3) is 0 Å². The van der Waals surface area contributed by atoms with Gasteiger partial charge in [-0.1, -0.05) is 17.7 Å². The Bertz CT molecular complexity index is 755. The van der Waals surface area contributed by atoms with Gasteiger partial charge in [0.2, 0.25) is 0 Å². The van der Waals surface area contributed by atoms with Crippen LogP contribution in [0.15, 0.2) is 35.1 Å². The average Bonchev–Trinajstić information content (AvgIpc) is 2.58. The highest BCUT2D eigenvalue weighted by Gasteiger charge is 2.21. The SMILES string of the molecule is O=C1C=C(N2CCOCC2)N=C(CC(=O)Cc2ccc(F)c(Cl)c2)C1. The van der Waals surface area contributed by atoms with E-state index < -0.39 is 5.82 Å². The molecule has 25 heavy (non-hydrogen) atoms.